The first-order valence-corrected chi connectivity index (χ1v) is 9.54. The van der Waals surface area contributed by atoms with Crippen molar-refractivity contribution in [2.24, 2.45) is 0 Å². The van der Waals surface area contributed by atoms with E-state index < -0.39 is 18.2 Å². The van der Waals surface area contributed by atoms with Crippen LogP contribution >= 0.6 is 0 Å². The molecule has 0 aliphatic carbocycles. The summed E-state index contributed by atoms with van der Waals surface area (Å²) in [6.07, 6.45) is 0.912. The summed E-state index contributed by atoms with van der Waals surface area (Å²) < 4.78 is 16.8. The minimum atomic E-state index is -1.03. The smallest absolute Gasteiger partial charge is 0.332 e. The number of hydrogen-bond donors (Lipinski definition) is 2. The monoisotopic (exact) mass is 379 g/mol. The molecule has 0 radical (unpaired) electrons. The van der Waals surface area contributed by atoms with Crippen LogP contribution in [0, 0.1) is 0 Å². The van der Waals surface area contributed by atoms with Gasteiger partial charge in [0.25, 0.3) is 0 Å². The maximum Gasteiger partial charge on any atom is 0.332 e. The number of carbonyl (C=O) groups excluding carboxylic acids is 1. The van der Waals surface area contributed by atoms with Crippen LogP contribution < -0.4 is 14.8 Å². The molecule has 2 N–H and O–H groups in total. The van der Waals surface area contributed by atoms with Gasteiger partial charge in [0.2, 0.25) is 5.91 Å². The molecule has 1 aromatic rings. The van der Waals surface area contributed by atoms with Crippen LogP contribution in [0.15, 0.2) is 18.2 Å². The van der Waals surface area contributed by atoms with E-state index in [9.17, 15) is 9.59 Å². The lowest BCUT2D eigenvalue weighted by Gasteiger charge is -2.19. The Morgan fingerprint density at radius 3 is 2.37 bits per heavy atom. The molecule has 1 saturated heterocycles. The Balaban J connectivity index is 2.03. The summed E-state index contributed by atoms with van der Waals surface area (Å²) in [6, 6.07) is 5.35. The number of nitrogens with one attached hydrogen (secondary N) is 1. The maximum absolute atomic E-state index is 12.4. The third-order valence-corrected chi connectivity index (χ3v) is 4.34. The minimum Gasteiger partial charge on any atom is -0.490 e. The van der Waals surface area contributed by atoms with E-state index in [1.54, 1.807) is 0 Å². The van der Waals surface area contributed by atoms with E-state index >= 15 is 0 Å². The Morgan fingerprint density at radius 2 is 1.78 bits per heavy atom. The fraction of sp³-hybridized carbons (Fsp3) is 0.600. The van der Waals surface area contributed by atoms with E-state index in [4.69, 9.17) is 19.3 Å². The summed E-state index contributed by atoms with van der Waals surface area (Å²) >= 11 is 0. The van der Waals surface area contributed by atoms with Gasteiger partial charge in [-0.3, -0.25) is 4.79 Å². The number of carbonyl (C=O) groups is 2. The van der Waals surface area contributed by atoms with Gasteiger partial charge in [-0.25, -0.2) is 4.79 Å². The lowest BCUT2D eigenvalue weighted by molar-refractivity contribution is -0.151. The Bertz CT molecular complexity index is 647. The second kappa shape index (κ2) is 10.2. The fourth-order valence-electron chi connectivity index (χ4n) is 2.85. The summed E-state index contributed by atoms with van der Waals surface area (Å²) in [6.45, 7) is 7.13. The van der Waals surface area contributed by atoms with Gasteiger partial charge in [-0.05, 0) is 50.3 Å². The number of carboxylic acid groups (broad SMARTS) is 1. The molecule has 0 saturated carbocycles. The molecule has 1 aliphatic heterocycles. The van der Waals surface area contributed by atoms with Gasteiger partial charge in [-0.15, -0.1) is 0 Å². The molecule has 1 aromatic carbocycles. The predicted molar refractivity (Wildman–Crippen MR) is 100 cm³/mol. The normalized spacial score (nSPS) is 20.1. The molecule has 7 heteroatoms. The number of rotatable bonds is 10. The van der Waals surface area contributed by atoms with Crippen molar-refractivity contribution in [2.45, 2.75) is 64.7 Å². The van der Waals surface area contributed by atoms with Crippen molar-refractivity contribution in [3.8, 4) is 11.5 Å². The van der Waals surface area contributed by atoms with Crippen LogP contribution in [-0.4, -0.2) is 42.4 Å². The topological polar surface area (TPSA) is 94.1 Å². The van der Waals surface area contributed by atoms with Crippen LogP contribution in [0.4, 0.5) is 0 Å². The number of hydrogen-bond acceptors (Lipinski definition) is 5. The van der Waals surface area contributed by atoms with Gasteiger partial charge in [-0.1, -0.05) is 19.9 Å². The molecular weight excluding hydrogens is 350 g/mol. The van der Waals surface area contributed by atoms with E-state index in [1.807, 2.05) is 39.0 Å². The molecule has 150 valence electrons. The van der Waals surface area contributed by atoms with Crippen molar-refractivity contribution >= 4 is 11.9 Å². The molecule has 7 nitrogen and oxygen atoms in total. The van der Waals surface area contributed by atoms with Gasteiger partial charge < -0.3 is 24.6 Å². The van der Waals surface area contributed by atoms with Crippen molar-refractivity contribution < 1.29 is 28.9 Å². The number of benzene rings is 1. The Hall–Kier alpha value is -2.28. The highest BCUT2D eigenvalue weighted by atomic mass is 16.5. The number of amides is 1. The number of ether oxygens (including phenoxy) is 3. The van der Waals surface area contributed by atoms with Gasteiger partial charge in [0.15, 0.2) is 17.6 Å². The summed E-state index contributed by atoms with van der Waals surface area (Å²) in [5.74, 6) is 0.0234. The van der Waals surface area contributed by atoms with E-state index in [2.05, 4.69) is 5.32 Å². The first-order chi connectivity index (χ1) is 13.0. The molecule has 1 fully saturated rings. The van der Waals surface area contributed by atoms with Crippen LogP contribution in [0.25, 0.3) is 0 Å². The van der Waals surface area contributed by atoms with E-state index in [1.165, 1.54) is 0 Å². The van der Waals surface area contributed by atoms with Crippen molar-refractivity contribution in [2.75, 3.05) is 13.2 Å². The summed E-state index contributed by atoms with van der Waals surface area (Å²) in [4.78, 5) is 23.3. The molecule has 1 aliphatic rings. The SMILES string of the molecule is CCCOc1ccc(C(C)NC(=O)[C@@H]2CC[C@H](C(=O)O)O2)cc1OCCC. The van der Waals surface area contributed by atoms with E-state index in [0.29, 0.717) is 37.6 Å². The standard InChI is InChI=1S/C20H29NO6/c1-4-10-25-15-7-6-14(12-18(15)26-11-5-2)13(3)21-19(22)16-8-9-17(27-16)20(23)24/h6-7,12-13,16-17H,4-5,8-11H2,1-3H3,(H,21,22)(H,23,24)/t13?,16-,17+/m0/s1. The lowest BCUT2D eigenvalue weighted by Crippen LogP contribution is -2.37. The van der Waals surface area contributed by atoms with Gasteiger partial charge in [0.1, 0.15) is 6.10 Å². The largest absolute Gasteiger partial charge is 0.490 e. The Morgan fingerprint density at radius 1 is 1.15 bits per heavy atom. The Kier molecular flexibility index (Phi) is 7.91. The average Bonchev–Trinajstić information content (AvgIpc) is 3.15. The highest BCUT2D eigenvalue weighted by Gasteiger charge is 2.35. The second-order valence-electron chi connectivity index (χ2n) is 6.66. The summed E-state index contributed by atoms with van der Waals surface area (Å²) in [5, 5.41) is 11.9. The third kappa shape index (κ3) is 5.85. The number of aliphatic carboxylic acids is 1. The van der Waals surface area contributed by atoms with Crippen molar-refractivity contribution in [3.05, 3.63) is 23.8 Å². The molecule has 0 aromatic heterocycles. The molecule has 1 unspecified atom stereocenters. The van der Waals surface area contributed by atoms with Gasteiger partial charge >= 0.3 is 5.97 Å². The highest BCUT2D eigenvalue weighted by molar-refractivity contribution is 5.83. The minimum absolute atomic E-state index is 0.269. The zero-order valence-corrected chi connectivity index (χ0v) is 16.2. The first-order valence-electron chi connectivity index (χ1n) is 9.54. The van der Waals surface area contributed by atoms with Crippen LogP contribution in [0.1, 0.15) is 58.1 Å². The van der Waals surface area contributed by atoms with E-state index in [0.717, 1.165) is 18.4 Å². The van der Waals surface area contributed by atoms with Gasteiger partial charge in [0, 0.05) is 0 Å². The maximum atomic E-state index is 12.4. The summed E-state index contributed by atoms with van der Waals surface area (Å²) in [7, 11) is 0. The zero-order chi connectivity index (χ0) is 19.8. The van der Waals surface area contributed by atoms with Crippen molar-refractivity contribution in [1.29, 1.82) is 0 Å². The molecular formula is C20H29NO6. The summed E-state index contributed by atoms with van der Waals surface area (Å²) in [5.41, 5.74) is 0.881. The van der Waals surface area contributed by atoms with Gasteiger partial charge in [-0.2, -0.15) is 0 Å². The molecule has 1 amide bonds. The number of carboxylic acids is 1. The molecule has 1 heterocycles. The average molecular weight is 379 g/mol. The molecule has 2 rings (SSSR count). The quantitative estimate of drug-likeness (QED) is 0.649. The lowest BCUT2D eigenvalue weighted by atomic mass is 10.1. The van der Waals surface area contributed by atoms with Crippen LogP contribution in [0.3, 0.4) is 0 Å². The molecule has 3 atom stereocenters. The first kappa shape index (κ1) is 21.0. The molecule has 0 spiro atoms. The third-order valence-electron chi connectivity index (χ3n) is 4.34. The van der Waals surface area contributed by atoms with Crippen LogP contribution in [-0.2, 0) is 14.3 Å². The zero-order valence-electron chi connectivity index (χ0n) is 16.2. The van der Waals surface area contributed by atoms with Crippen molar-refractivity contribution in [1.82, 2.24) is 5.32 Å². The second-order valence-corrected chi connectivity index (χ2v) is 6.66. The molecule has 0 bridgehead atoms. The fourth-order valence-corrected chi connectivity index (χ4v) is 2.85. The van der Waals surface area contributed by atoms with Gasteiger partial charge in [0.05, 0.1) is 19.3 Å². The highest BCUT2D eigenvalue weighted by Crippen LogP contribution is 2.31. The van der Waals surface area contributed by atoms with Crippen molar-refractivity contribution in [3.63, 3.8) is 0 Å². The Labute approximate surface area is 160 Å². The van der Waals surface area contributed by atoms with Crippen LogP contribution in [0.2, 0.25) is 0 Å². The predicted octanol–water partition coefficient (Wildman–Crippen LogP) is 3.07. The molecule has 27 heavy (non-hydrogen) atoms. The van der Waals surface area contributed by atoms with E-state index in [-0.39, 0.29) is 11.9 Å². The van der Waals surface area contributed by atoms with Crippen LogP contribution in [0.5, 0.6) is 11.5 Å².